The molecule has 0 saturated carbocycles. The molecule has 7 heteroatoms. The third kappa shape index (κ3) is 4.97. The zero-order valence-electron chi connectivity index (χ0n) is 16.6. The highest BCUT2D eigenvalue weighted by Crippen LogP contribution is 2.22. The monoisotopic (exact) mass is 385 g/mol. The van der Waals surface area contributed by atoms with Crippen molar-refractivity contribution in [2.75, 3.05) is 42.5 Å². The third-order valence-electron chi connectivity index (χ3n) is 4.92. The van der Waals surface area contributed by atoms with E-state index in [1.54, 1.807) is 25.1 Å². The lowest BCUT2D eigenvalue weighted by Gasteiger charge is -2.36. The zero-order chi connectivity index (χ0) is 19.9. The lowest BCUT2D eigenvalue weighted by atomic mass is 10.2. The summed E-state index contributed by atoms with van der Waals surface area (Å²) >= 11 is 0. The summed E-state index contributed by atoms with van der Waals surface area (Å²) in [5.74, 6) is 0.968. The number of carbonyl (C=O) groups excluding carboxylic acids is 1. The first-order valence-corrected chi connectivity index (χ1v) is 9.97. The molecule has 1 aromatic carbocycles. The number of hydrogen-bond acceptors (Lipinski definition) is 5. The van der Waals surface area contributed by atoms with E-state index >= 15 is 0 Å². The van der Waals surface area contributed by atoms with Gasteiger partial charge in [-0.15, -0.1) is 0 Å². The molecule has 1 N–H and O–H groups in total. The predicted octanol–water partition coefficient (Wildman–Crippen LogP) is 3.17. The van der Waals surface area contributed by atoms with Gasteiger partial charge in [-0.1, -0.05) is 31.9 Å². The number of benzene rings is 1. The molecule has 0 aliphatic carbocycles. The van der Waals surface area contributed by atoms with Gasteiger partial charge in [-0.05, 0) is 25.5 Å². The molecular weight excluding hydrogens is 357 g/mol. The minimum Gasteiger partial charge on any atom is -0.366 e. The van der Waals surface area contributed by atoms with Gasteiger partial charge in [0.15, 0.2) is 0 Å². The molecule has 1 aliphatic heterocycles. The molecule has 0 radical (unpaired) electrons. The Morgan fingerprint density at radius 1 is 1.11 bits per heavy atom. The van der Waals surface area contributed by atoms with Crippen LogP contribution < -0.4 is 15.1 Å². The summed E-state index contributed by atoms with van der Waals surface area (Å²) in [5, 5.41) is 2.93. The predicted molar refractivity (Wildman–Crippen MR) is 109 cm³/mol. The maximum atomic E-state index is 14.0. The summed E-state index contributed by atoms with van der Waals surface area (Å²) in [6.45, 7) is 7.41. The second-order valence-corrected chi connectivity index (χ2v) is 7.05. The standard InChI is InChI=1S/C21H28FN5O/c1-3-4-7-10-23-21(28)18-15-20(25-16(2)24-18)27-13-11-26(12-14-27)19-9-6-5-8-17(19)22/h5-6,8-9,15H,3-4,7,10-14H2,1-2H3,(H,23,28). The van der Waals surface area contributed by atoms with Gasteiger partial charge in [0, 0.05) is 38.8 Å². The van der Waals surface area contributed by atoms with E-state index < -0.39 is 0 Å². The van der Waals surface area contributed by atoms with Gasteiger partial charge in [-0.3, -0.25) is 4.79 Å². The van der Waals surface area contributed by atoms with Crippen LogP contribution in [0.3, 0.4) is 0 Å². The van der Waals surface area contributed by atoms with Crippen LogP contribution in [0.25, 0.3) is 0 Å². The van der Waals surface area contributed by atoms with Gasteiger partial charge < -0.3 is 15.1 Å². The molecule has 1 saturated heterocycles. The van der Waals surface area contributed by atoms with Gasteiger partial charge in [0.2, 0.25) is 0 Å². The second kappa shape index (κ2) is 9.48. The number of carbonyl (C=O) groups is 1. The highest BCUT2D eigenvalue weighted by molar-refractivity contribution is 5.92. The fourth-order valence-electron chi connectivity index (χ4n) is 3.38. The first kappa shape index (κ1) is 20.0. The number of para-hydroxylation sites is 1. The van der Waals surface area contributed by atoms with Crippen LogP contribution in [0.5, 0.6) is 0 Å². The fraction of sp³-hybridized carbons (Fsp3) is 0.476. The summed E-state index contributed by atoms with van der Waals surface area (Å²) in [6.07, 6.45) is 3.18. The highest BCUT2D eigenvalue weighted by atomic mass is 19.1. The molecule has 2 aromatic rings. The third-order valence-corrected chi connectivity index (χ3v) is 4.92. The summed E-state index contributed by atoms with van der Waals surface area (Å²) < 4.78 is 14.0. The van der Waals surface area contributed by atoms with E-state index in [1.807, 2.05) is 11.0 Å². The van der Waals surface area contributed by atoms with E-state index in [1.165, 1.54) is 6.07 Å². The molecule has 3 rings (SSSR count). The Morgan fingerprint density at radius 3 is 2.54 bits per heavy atom. The minimum absolute atomic E-state index is 0.159. The topological polar surface area (TPSA) is 61.4 Å². The van der Waals surface area contributed by atoms with E-state index in [-0.39, 0.29) is 11.7 Å². The molecule has 1 aliphatic rings. The van der Waals surface area contributed by atoms with Crippen molar-refractivity contribution in [1.29, 1.82) is 0 Å². The fourth-order valence-corrected chi connectivity index (χ4v) is 3.38. The molecule has 6 nitrogen and oxygen atoms in total. The molecule has 2 heterocycles. The number of halogens is 1. The number of aromatic nitrogens is 2. The maximum Gasteiger partial charge on any atom is 0.270 e. The Kier molecular flexibility index (Phi) is 6.79. The quantitative estimate of drug-likeness (QED) is 0.742. The average molecular weight is 385 g/mol. The first-order valence-electron chi connectivity index (χ1n) is 9.97. The molecule has 0 atom stereocenters. The number of aryl methyl sites for hydroxylation is 1. The SMILES string of the molecule is CCCCCNC(=O)c1cc(N2CCN(c3ccccc3F)CC2)nc(C)n1. The number of nitrogens with zero attached hydrogens (tertiary/aromatic N) is 4. The van der Waals surface area contributed by atoms with Gasteiger partial charge in [0.05, 0.1) is 5.69 Å². The van der Waals surface area contributed by atoms with Crippen molar-refractivity contribution >= 4 is 17.4 Å². The van der Waals surface area contributed by atoms with Crippen LogP contribution in [0.15, 0.2) is 30.3 Å². The molecule has 28 heavy (non-hydrogen) atoms. The summed E-state index contributed by atoms with van der Waals surface area (Å²) in [7, 11) is 0. The van der Waals surface area contributed by atoms with Crippen LogP contribution >= 0.6 is 0 Å². The molecule has 0 bridgehead atoms. The van der Waals surface area contributed by atoms with Crippen LogP contribution in [0.1, 0.15) is 42.5 Å². The van der Waals surface area contributed by atoms with E-state index in [2.05, 4.69) is 27.1 Å². The van der Waals surface area contributed by atoms with Gasteiger partial charge in [-0.2, -0.15) is 0 Å². The van der Waals surface area contributed by atoms with Crippen molar-refractivity contribution in [2.45, 2.75) is 33.1 Å². The summed E-state index contributed by atoms with van der Waals surface area (Å²) in [4.78, 5) is 25.4. The molecule has 1 aromatic heterocycles. The zero-order valence-corrected chi connectivity index (χ0v) is 16.6. The van der Waals surface area contributed by atoms with Crippen molar-refractivity contribution in [1.82, 2.24) is 15.3 Å². The largest absolute Gasteiger partial charge is 0.366 e. The Bertz CT molecular complexity index is 805. The van der Waals surface area contributed by atoms with Crippen molar-refractivity contribution in [3.8, 4) is 0 Å². The van der Waals surface area contributed by atoms with Crippen LogP contribution in [-0.2, 0) is 0 Å². The average Bonchev–Trinajstić information content (AvgIpc) is 2.71. The van der Waals surface area contributed by atoms with Crippen LogP contribution in [0.2, 0.25) is 0 Å². The van der Waals surface area contributed by atoms with E-state index in [0.717, 1.165) is 25.1 Å². The van der Waals surface area contributed by atoms with Crippen molar-refractivity contribution < 1.29 is 9.18 Å². The lowest BCUT2D eigenvalue weighted by Crippen LogP contribution is -2.47. The van der Waals surface area contributed by atoms with E-state index in [4.69, 9.17) is 0 Å². The highest BCUT2D eigenvalue weighted by Gasteiger charge is 2.21. The number of amides is 1. The Labute approximate surface area is 165 Å². The molecular formula is C21H28FN5O. The first-order chi connectivity index (χ1) is 13.6. The van der Waals surface area contributed by atoms with Gasteiger partial charge >= 0.3 is 0 Å². The van der Waals surface area contributed by atoms with Crippen LogP contribution in [-0.4, -0.2) is 48.6 Å². The Balaban J connectivity index is 1.64. The number of anilines is 2. The van der Waals surface area contributed by atoms with Crippen LogP contribution in [0.4, 0.5) is 15.9 Å². The molecule has 150 valence electrons. The minimum atomic E-state index is -0.198. The van der Waals surface area contributed by atoms with Gasteiger partial charge in [-0.25, -0.2) is 14.4 Å². The number of unbranched alkanes of at least 4 members (excludes halogenated alkanes) is 2. The van der Waals surface area contributed by atoms with Crippen molar-refractivity contribution in [3.05, 3.63) is 47.7 Å². The van der Waals surface area contributed by atoms with Crippen molar-refractivity contribution in [3.63, 3.8) is 0 Å². The number of rotatable bonds is 7. The van der Waals surface area contributed by atoms with Crippen LogP contribution in [0, 0.1) is 12.7 Å². The Morgan fingerprint density at radius 2 is 1.82 bits per heavy atom. The molecule has 0 spiro atoms. The van der Waals surface area contributed by atoms with Gasteiger partial charge in [0.1, 0.15) is 23.2 Å². The summed E-state index contributed by atoms with van der Waals surface area (Å²) in [6, 6.07) is 8.60. The molecule has 0 unspecified atom stereocenters. The number of piperazine rings is 1. The smallest absolute Gasteiger partial charge is 0.270 e. The summed E-state index contributed by atoms with van der Waals surface area (Å²) in [5.41, 5.74) is 1.03. The van der Waals surface area contributed by atoms with Gasteiger partial charge in [0.25, 0.3) is 5.91 Å². The second-order valence-electron chi connectivity index (χ2n) is 7.05. The maximum absolute atomic E-state index is 14.0. The van der Waals surface area contributed by atoms with E-state index in [9.17, 15) is 9.18 Å². The van der Waals surface area contributed by atoms with E-state index in [0.29, 0.717) is 49.9 Å². The Hall–Kier alpha value is -2.70. The molecule has 1 amide bonds. The number of nitrogens with one attached hydrogen (secondary N) is 1. The van der Waals surface area contributed by atoms with Crippen molar-refractivity contribution in [2.24, 2.45) is 0 Å². The molecule has 1 fully saturated rings. The normalized spacial score (nSPS) is 14.2. The number of hydrogen-bond donors (Lipinski definition) is 1. The lowest BCUT2D eigenvalue weighted by molar-refractivity contribution is 0.0947.